The monoisotopic (exact) mass is 330 g/mol. The number of halogens is 1. The maximum absolute atomic E-state index is 8.33. The molecule has 0 aliphatic rings. The highest BCUT2D eigenvalue weighted by Gasteiger charge is 2.14. The molecule has 0 saturated heterocycles. The SMILES string of the molecule is CCN(C)C(=N)c1cc(C)cc(Cc2ccc(OC)cc2)c1Cl. The van der Waals surface area contributed by atoms with E-state index in [1.165, 1.54) is 5.56 Å². The third kappa shape index (κ3) is 4.05. The summed E-state index contributed by atoms with van der Waals surface area (Å²) in [6.07, 6.45) is 0.737. The van der Waals surface area contributed by atoms with Crippen LogP contribution in [-0.4, -0.2) is 31.4 Å². The molecule has 0 heterocycles. The maximum Gasteiger partial charge on any atom is 0.129 e. The molecule has 0 aromatic heterocycles. The van der Waals surface area contributed by atoms with Gasteiger partial charge in [0.25, 0.3) is 0 Å². The fourth-order valence-corrected chi connectivity index (χ4v) is 2.74. The first-order valence-corrected chi connectivity index (χ1v) is 8.06. The quantitative estimate of drug-likeness (QED) is 0.646. The molecule has 4 heteroatoms. The molecular weight excluding hydrogens is 308 g/mol. The predicted octanol–water partition coefficient (Wildman–Crippen LogP) is 4.52. The van der Waals surface area contributed by atoms with E-state index in [9.17, 15) is 0 Å². The zero-order chi connectivity index (χ0) is 17.0. The Balaban J connectivity index is 2.35. The molecule has 122 valence electrons. The number of amidine groups is 1. The van der Waals surface area contributed by atoms with Crippen molar-refractivity contribution < 1.29 is 4.74 Å². The van der Waals surface area contributed by atoms with Gasteiger partial charge in [-0.05, 0) is 49.6 Å². The van der Waals surface area contributed by atoms with Gasteiger partial charge in [-0.3, -0.25) is 5.41 Å². The lowest BCUT2D eigenvalue weighted by molar-refractivity contribution is 0.414. The van der Waals surface area contributed by atoms with Crippen LogP contribution in [0.4, 0.5) is 0 Å². The van der Waals surface area contributed by atoms with Crippen LogP contribution in [-0.2, 0) is 6.42 Å². The van der Waals surface area contributed by atoms with Crippen molar-refractivity contribution >= 4 is 17.4 Å². The van der Waals surface area contributed by atoms with Crippen molar-refractivity contribution in [1.29, 1.82) is 5.41 Å². The molecule has 0 amide bonds. The average molecular weight is 331 g/mol. The zero-order valence-corrected chi connectivity index (χ0v) is 14.9. The summed E-state index contributed by atoms with van der Waals surface area (Å²) in [7, 11) is 3.57. The maximum atomic E-state index is 8.33. The number of hydrogen-bond donors (Lipinski definition) is 1. The molecule has 0 unspecified atom stereocenters. The van der Waals surface area contributed by atoms with Crippen LogP contribution < -0.4 is 4.74 Å². The average Bonchev–Trinajstić information content (AvgIpc) is 2.57. The second-order valence-corrected chi connectivity index (χ2v) is 6.05. The van der Waals surface area contributed by atoms with Gasteiger partial charge >= 0.3 is 0 Å². The summed E-state index contributed by atoms with van der Waals surface area (Å²) in [5.74, 6) is 1.30. The zero-order valence-electron chi connectivity index (χ0n) is 14.1. The van der Waals surface area contributed by atoms with Crippen LogP contribution in [0.15, 0.2) is 36.4 Å². The van der Waals surface area contributed by atoms with E-state index in [0.29, 0.717) is 10.9 Å². The van der Waals surface area contributed by atoms with Crippen LogP contribution in [0, 0.1) is 12.3 Å². The lowest BCUT2D eigenvalue weighted by Gasteiger charge is -2.20. The number of rotatable bonds is 5. The van der Waals surface area contributed by atoms with Gasteiger partial charge in [0.1, 0.15) is 11.6 Å². The molecule has 0 fully saturated rings. The van der Waals surface area contributed by atoms with Gasteiger partial charge in [0.2, 0.25) is 0 Å². The number of hydrogen-bond acceptors (Lipinski definition) is 2. The molecule has 0 bridgehead atoms. The lowest BCUT2D eigenvalue weighted by atomic mass is 9.99. The fourth-order valence-electron chi connectivity index (χ4n) is 2.47. The minimum atomic E-state index is 0.456. The summed E-state index contributed by atoms with van der Waals surface area (Å²) >= 11 is 6.59. The molecule has 0 saturated carbocycles. The van der Waals surface area contributed by atoms with Crippen LogP contribution in [0.25, 0.3) is 0 Å². The second-order valence-electron chi connectivity index (χ2n) is 5.67. The fraction of sp³-hybridized carbons (Fsp3) is 0.316. The third-order valence-electron chi connectivity index (χ3n) is 3.96. The van der Waals surface area contributed by atoms with Gasteiger partial charge in [-0.15, -0.1) is 0 Å². The normalized spacial score (nSPS) is 10.5. The van der Waals surface area contributed by atoms with Crippen LogP contribution in [0.2, 0.25) is 5.02 Å². The number of aryl methyl sites for hydroxylation is 1. The number of benzene rings is 2. The summed E-state index contributed by atoms with van der Waals surface area (Å²) < 4.78 is 5.19. The molecular formula is C19H23ClN2O. The van der Waals surface area contributed by atoms with Gasteiger partial charge in [-0.1, -0.05) is 35.4 Å². The van der Waals surface area contributed by atoms with Crippen molar-refractivity contribution in [2.75, 3.05) is 20.7 Å². The van der Waals surface area contributed by atoms with Crippen LogP contribution in [0.3, 0.4) is 0 Å². The van der Waals surface area contributed by atoms with E-state index >= 15 is 0 Å². The largest absolute Gasteiger partial charge is 0.497 e. The second kappa shape index (κ2) is 7.51. The van der Waals surface area contributed by atoms with E-state index in [-0.39, 0.29) is 0 Å². The number of methoxy groups -OCH3 is 1. The van der Waals surface area contributed by atoms with Crippen LogP contribution in [0.1, 0.15) is 29.2 Å². The van der Waals surface area contributed by atoms with Crippen molar-refractivity contribution in [3.63, 3.8) is 0 Å². The first-order chi connectivity index (χ1) is 11.0. The molecule has 23 heavy (non-hydrogen) atoms. The highest BCUT2D eigenvalue weighted by molar-refractivity contribution is 6.34. The Morgan fingerprint density at radius 1 is 1.22 bits per heavy atom. The van der Waals surface area contributed by atoms with E-state index in [1.54, 1.807) is 7.11 Å². The molecule has 0 aliphatic carbocycles. The van der Waals surface area contributed by atoms with E-state index in [1.807, 2.05) is 56.1 Å². The summed E-state index contributed by atoms with van der Waals surface area (Å²) in [5.41, 5.74) is 4.11. The minimum Gasteiger partial charge on any atom is -0.497 e. The summed E-state index contributed by atoms with van der Waals surface area (Å²) in [6, 6.07) is 12.1. The Kier molecular flexibility index (Phi) is 5.67. The highest BCUT2D eigenvalue weighted by Crippen LogP contribution is 2.27. The van der Waals surface area contributed by atoms with Gasteiger partial charge in [-0.2, -0.15) is 0 Å². The standard InChI is InChI=1S/C19H23ClN2O/c1-5-22(3)19(21)17-11-13(2)10-15(18(17)20)12-14-6-8-16(23-4)9-7-14/h6-11,21H,5,12H2,1-4H3. The molecule has 2 rings (SSSR count). The van der Waals surface area contributed by atoms with Gasteiger partial charge in [0.05, 0.1) is 12.1 Å². The first-order valence-electron chi connectivity index (χ1n) is 7.68. The van der Waals surface area contributed by atoms with E-state index in [2.05, 4.69) is 6.07 Å². The van der Waals surface area contributed by atoms with Gasteiger partial charge < -0.3 is 9.64 Å². The van der Waals surface area contributed by atoms with Gasteiger partial charge in [0.15, 0.2) is 0 Å². The summed E-state index contributed by atoms with van der Waals surface area (Å²) in [6.45, 7) is 4.84. The Morgan fingerprint density at radius 2 is 1.87 bits per heavy atom. The van der Waals surface area contributed by atoms with Crippen molar-refractivity contribution in [2.45, 2.75) is 20.3 Å². The van der Waals surface area contributed by atoms with E-state index < -0.39 is 0 Å². The topological polar surface area (TPSA) is 36.3 Å². The lowest BCUT2D eigenvalue weighted by Crippen LogP contribution is -2.26. The molecule has 3 nitrogen and oxygen atoms in total. The highest BCUT2D eigenvalue weighted by atomic mass is 35.5. The molecule has 0 spiro atoms. The Hall–Kier alpha value is -2.00. The smallest absolute Gasteiger partial charge is 0.129 e. The van der Waals surface area contributed by atoms with Crippen molar-refractivity contribution in [3.05, 3.63) is 63.7 Å². The van der Waals surface area contributed by atoms with Crippen molar-refractivity contribution in [2.24, 2.45) is 0 Å². The molecule has 1 N–H and O–H groups in total. The Bertz CT molecular complexity index is 695. The predicted molar refractivity (Wildman–Crippen MR) is 97.1 cm³/mol. The summed E-state index contributed by atoms with van der Waals surface area (Å²) in [4.78, 5) is 1.89. The van der Waals surface area contributed by atoms with Gasteiger partial charge in [-0.25, -0.2) is 0 Å². The molecule has 0 aliphatic heterocycles. The van der Waals surface area contributed by atoms with Crippen molar-refractivity contribution in [3.8, 4) is 5.75 Å². The van der Waals surface area contributed by atoms with Gasteiger partial charge in [0, 0.05) is 19.2 Å². The summed E-state index contributed by atoms with van der Waals surface area (Å²) in [5, 5.41) is 8.99. The molecule has 2 aromatic carbocycles. The first kappa shape index (κ1) is 17.4. The molecule has 0 atom stereocenters. The van der Waals surface area contributed by atoms with Crippen LogP contribution >= 0.6 is 11.6 Å². The van der Waals surface area contributed by atoms with E-state index in [0.717, 1.165) is 35.4 Å². The number of nitrogens with zero attached hydrogens (tertiary/aromatic N) is 1. The van der Waals surface area contributed by atoms with Crippen molar-refractivity contribution in [1.82, 2.24) is 4.90 Å². The van der Waals surface area contributed by atoms with Crippen LogP contribution in [0.5, 0.6) is 5.75 Å². The Morgan fingerprint density at radius 3 is 2.43 bits per heavy atom. The number of nitrogens with one attached hydrogen (secondary N) is 1. The van der Waals surface area contributed by atoms with E-state index in [4.69, 9.17) is 21.7 Å². The molecule has 2 aromatic rings. The minimum absolute atomic E-state index is 0.456. The molecule has 0 radical (unpaired) electrons. The Labute approximate surface area is 143 Å². The third-order valence-corrected chi connectivity index (χ3v) is 4.40. The number of ether oxygens (including phenoxy) is 1.